The molecule has 0 saturated carbocycles. The largest absolute Gasteiger partial charge is 0.382 e. The quantitative estimate of drug-likeness (QED) is 0.623. The van der Waals surface area contributed by atoms with Gasteiger partial charge in [-0.1, -0.05) is 80.9 Å². The molecule has 0 saturated heterocycles. The number of nitrogens with zero attached hydrogens (tertiary/aromatic N) is 1. The van der Waals surface area contributed by atoms with E-state index in [1.54, 1.807) is 18.7 Å². The molecule has 170 valence electrons. The summed E-state index contributed by atoms with van der Waals surface area (Å²) in [5.41, 5.74) is 3.87. The van der Waals surface area contributed by atoms with Gasteiger partial charge in [-0.2, -0.15) is 0 Å². The first kappa shape index (κ1) is 26.4. The highest BCUT2D eigenvalue weighted by molar-refractivity contribution is 5.89. The number of rotatable bonds is 9. The lowest BCUT2D eigenvalue weighted by atomic mass is 10.0. The number of carbonyl (C=O) groups excluding carboxylic acids is 2. The van der Waals surface area contributed by atoms with Gasteiger partial charge in [0.05, 0.1) is 5.92 Å². The lowest BCUT2D eigenvalue weighted by molar-refractivity contribution is -0.147. The van der Waals surface area contributed by atoms with Gasteiger partial charge in [0.2, 0.25) is 5.91 Å². The molecule has 2 rings (SSSR count). The molecule has 0 aliphatic rings. The molecule has 0 fully saturated rings. The average Bonchev–Trinajstić information content (AvgIpc) is 2.79. The van der Waals surface area contributed by atoms with E-state index in [-0.39, 0.29) is 11.8 Å². The van der Waals surface area contributed by atoms with Crippen LogP contribution in [0.2, 0.25) is 0 Å². The molecule has 0 aromatic heterocycles. The Labute approximate surface area is 187 Å². The molecule has 0 aliphatic carbocycles. The SMILES string of the molecule is CCCN(CCC)C(=O)C(O)C(C)C(=O)NCC.Cc1ccc(-c2ccccc2)cc1. The number of amides is 2. The lowest BCUT2D eigenvalue weighted by Gasteiger charge is -2.26. The van der Waals surface area contributed by atoms with Crippen molar-refractivity contribution < 1.29 is 14.7 Å². The van der Waals surface area contributed by atoms with Crippen LogP contribution >= 0.6 is 0 Å². The molecule has 0 bridgehead atoms. The second kappa shape index (κ2) is 14.4. The Morgan fingerprint density at radius 2 is 1.42 bits per heavy atom. The third-order valence-electron chi connectivity index (χ3n) is 4.95. The van der Waals surface area contributed by atoms with E-state index in [4.69, 9.17) is 0 Å². The molecule has 2 N–H and O–H groups in total. The number of aliphatic hydroxyl groups excluding tert-OH is 1. The van der Waals surface area contributed by atoms with Crippen LogP contribution in [0.25, 0.3) is 11.1 Å². The van der Waals surface area contributed by atoms with Gasteiger partial charge in [0, 0.05) is 19.6 Å². The number of benzene rings is 2. The van der Waals surface area contributed by atoms with Crippen LogP contribution in [-0.4, -0.2) is 47.6 Å². The Morgan fingerprint density at radius 1 is 0.903 bits per heavy atom. The molecule has 2 aromatic rings. The van der Waals surface area contributed by atoms with Crippen LogP contribution < -0.4 is 5.32 Å². The molecular formula is C26H38N2O3. The van der Waals surface area contributed by atoms with Gasteiger partial charge < -0.3 is 15.3 Å². The van der Waals surface area contributed by atoms with E-state index in [2.05, 4.69) is 60.8 Å². The van der Waals surface area contributed by atoms with Crippen molar-refractivity contribution >= 4 is 11.8 Å². The van der Waals surface area contributed by atoms with Gasteiger partial charge in [0.15, 0.2) is 0 Å². The van der Waals surface area contributed by atoms with Gasteiger partial charge in [-0.05, 0) is 37.8 Å². The van der Waals surface area contributed by atoms with Crippen LogP contribution in [0, 0.1) is 12.8 Å². The zero-order valence-corrected chi connectivity index (χ0v) is 19.6. The third kappa shape index (κ3) is 8.93. The molecule has 2 unspecified atom stereocenters. The average molecular weight is 427 g/mol. The summed E-state index contributed by atoms with van der Waals surface area (Å²) in [7, 11) is 0. The summed E-state index contributed by atoms with van der Waals surface area (Å²) in [5.74, 6) is -1.35. The molecule has 0 radical (unpaired) electrons. The van der Waals surface area contributed by atoms with Crippen molar-refractivity contribution in [1.82, 2.24) is 10.2 Å². The highest BCUT2D eigenvalue weighted by atomic mass is 16.3. The molecule has 5 heteroatoms. The van der Waals surface area contributed by atoms with E-state index in [1.165, 1.54) is 16.7 Å². The molecule has 2 aromatic carbocycles. The van der Waals surface area contributed by atoms with Gasteiger partial charge in [-0.25, -0.2) is 0 Å². The molecule has 31 heavy (non-hydrogen) atoms. The molecule has 2 amide bonds. The summed E-state index contributed by atoms with van der Waals surface area (Å²) in [5, 5.41) is 12.6. The second-order valence-electron chi connectivity index (χ2n) is 7.69. The van der Waals surface area contributed by atoms with Gasteiger partial charge >= 0.3 is 0 Å². The summed E-state index contributed by atoms with van der Waals surface area (Å²) >= 11 is 0. The second-order valence-corrected chi connectivity index (χ2v) is 7.69. The zero-order chi connectivity index (χ0) is 23.2. The van der Waals surface area contributed by atoms with Crippen molar-refractivity contribution in [3.63, 3.8) is 0 Å². The maximum Gasteiger partial charge on any atom is 0.252 e. The van der Waals surface area contributed by atoms with E-state index in [1.807, 2.05) is 19.9 Å². The van der Waals surface area contributed by atoms with Crippen LogP contribution in [0.5, 0.6) is 0 Å². The molecule has 0 heterocycles. The number of hydrogen-bond acceptors (Lipinski definition) is 3. The summed E-state index contributed by atoms with van der Waals surface area (Å²) in [6, 6.07) is 19.0. The maximum atomic E-state index is 12.1. The predicted octanol–water partition coefficient (Wildman–Crippen LogP) is 4.43. The lowest BCUT2D eigenvalue weighted by Crippen LogP contribution is -2.47. The standard InChI is InChI=1S/C13H26N2O3.C13H12/c1-5-8-15(9-6-2)13(18)11(16)10(4)12(17)14-7-3;1-11-7-9-13(10-8-11)12-5-3-2-4-6-12/h10-11,16H,5-9H2,1-4H3,(H,14,17);2-10H,1H3. The number of aryl methyl sites for hydroxylation is 1. The molecule has 5 nitrogen and oxygen atoms in total. The maximum absolute atomic E-state index is 12.1. The fraction of sp³-hybridized carbons (Fsp3) is 0.462. The number of carbonyl (C=O) groups is 2. The minimum atomic E-state index is -1.25. The first-order valence-electron chi connectivity index (χ1n) is 11.2. The predicted molar refractivity (Wildman–Crippen MR) is 128 cm³/mol. The van der Waals surface area contributed by atoms with E-state index >= 15 is 0 Å². The number of aliphatic hydroxyl groups is 1. The van der Waals surface area contributed by atoms with E-state index < -0.39 is 12.0 Å². The van der Waals surface area contributed by atoms with Crippen molar-refractivity contribution in [1.29, 1.82) is 0 Å². The van der Waals surface area contributed by atoms with Gasteiger partial charge in [-0.15, -0.1) is 0 Å². The highest BCUT2D eigenvalue weighted by Crippen LogP contribution is 2.18. The monoisotopic (exact) mass is 426 g/mol. The first-order valence-corrected chi connectivity index (χ1v) is 11.2. The van der Waals surface area contributed by atoms with Crippen LogP contribution in [0.15, 0.2) is 54.6 Å². The number of hydrogen-bond donors (Lipinski definition) is 2. The Kier molecular flexibility index (Phi) is 12.2. The molecule has 0 spiro atoms. The van der Waals surface area contributed by atoms with Crippen LogP contribution in [0.4, 0.5) is 0 Å². The van der Waals surface area contributed by atoms with Crippen LogP contribution in [0.3, 0.4) is 0 Å². The molecule has 0 aliphatic heterocycles. The van der Waals surface area contributed by atoms with Crippen LogP contribution in [0.1, 0.15) is 46.1 Å². The van der Waals surface area contributed by atoms with Crippen molar-refractivity contribution in [3.8, 4) is 11.1 Å². The highest BCUT2D eigenvalue weighted by Gasteiger charge is 2.30. The van der Waals surface area contributed by atoms with E-state index in [0.29, 0.717) is 19.6 Å². The normalized spacial score (nSPS) is 12.2. The smallest absolute Gasteiger partial charge is 0.252 e. The summed E-state index contributed by atoms with van der Waals surface area (Å²) < 4.78 is 0. The van der Waals surface area contributed by atoms with Gasteiger partial charge in [0.25, 0.3) is 5.91 Å². The minimum Gasteiger partial charge on any atom is -0.382 e. The Morgan fingerprint density at radius 3 is 1.90 bits per heavy atom. The topological polar surface area (TPSA) is 69.6 Å². The Hall–Kier alpha value is -2.66. The third-order valence-corrected chi connectivity index (χ3v) is 4.95. The van der Waals surface area contributed by atoms with Gasteiger partial charge in [-0.3, -0.25) is 9.59 Å². The minimum absolute atomic E-state index is 0.286. The zero-order valence-electron chi connectivity index (χ0n) is 19.6. The van der Waals surface area contributed by atoms with E-state index in [9.17, 15) is 14.7 Å². The first-order chi connectivity index (χ1) is 14.8. The summed E-state index contributed by atoms with van der Waals surface area (Å²) in [6.07, 6.45) is 0.428. The fourth-order valence-electron chi connectivity index (χ4n) is 3.13. The molecule has 2 atom stereocenters. The fourth-order valence-corrected chi connectivity index (χ4v) is 3.13. The Bertz CT molecular complexity index is 769. The van der Waals surface area contributed by atoms with Crippen molar-refractivity contribution in [2.24, 2.45) is 5.92 Å². The summed E-state index contributed by atoms with van der Waals surface area (Å²) in [4.78, 5) is 25.3. The van der Waals surface area contributed by atoms with Crippen molar-refractivity contribution in [2.75, 3.05) is 19.6 Å². The van der Waals surface area contributed by atoms with Crippen molar-refractivity contribution in [3.05, 3.63) is 60.2 Å². The number of nitrogens with one attached hydrogen (secondary N) is 1. The Balaban J connectivity index is 0.000000323. The summed E-state index contributed by atoms with van der Waals surface area (Å²) in [6.45, 7) is 11.2. The van der Waals surface area contributed by atoms with E-state index in [0.717, 1.165) is 12.8 Å². The van der Waals surface area contributed by atoms with Crippen molar-refractivity contribution in [2.45, 2.75) is 53.6 Å². The molecular weight excluding hydrogens is 388 g/mol. The van der Waals surface area contributed by atoms with Crippen LogP contribution in [-0.2, 0) is 9.59 Å². The van der Waals surface area contributed by atoms with Gasteiger partial charge in [0.1, 0.15) is 6.10 Å².